The van der Waals surface area contributed by atoms with E-state index in [4.69, 9.17) is 4.99 Å². The van der Waals surface area contributed by atoms with Crippen LogP contribution >= 0.6 is 24.0 Å². The van der Waals surface area contributed by atoms with Gasteiger partial charge in [-0.1, -0.05) is 44.2 Å². The highest BCUT2D eigenvalue weighted by Gasteiger charge is 2.11. The highest BCUT2D eigenvalue weighted by molar-refractivity contribution is 14.0. The number of imidazole rings is 1. The minimum absolute atomic E-state index is 0. The maximum atomic E-state index is 9.31. The highest BCUT2D eigenvalue weighted by atomic mass is 127. The van der Waals surface area contributed by atoms with Crippen molar-refractivity contribution in [3.8, 4) is 0 Å². The fourth-order valence-electron chi connectivity index (χ4n) is 3.30. The molecule has 0 saturated heterocycles. The molecule has 1 aromatic carbocycles. The second-order valence-electron chi connectivity index (χ2n) is 7.54. The van der Waals surface area contributed by atoms with Gasteiger partial charge in [-0.15, -0.1) is 24.0 Å². The van der Waals surface area contributed by atoms with Crippen LogP contribution in [-0.2, 0) is 13.1 Å². The van der Waals surface area contributed by atoms with Crippen molar-refractivity contribution in [3.05, 3.63) is 54.1 Å². The van der Waals surface area contributed by atoms with Gasteiger partial charge in [0.1, 0.15) is 12.4 Å². The van der Waals surface area contributed by atoms with Crippen molar-refractivity contribution in [2.75, 3.05) is 19.7 Å². The number of benzene rings is 1. The number of hydrogen-bond acceptors (Lipinski definition) is 3. The van der Waals surface area contributed by atoms with Crippen LogP contribution in [0, 0.1) is 11.8 Å². The van der Waals surface area contributed by atoms with Crippen LogP contribution in [0.3, 0.4) is 0 Å². The molecular weight excluding hydrogens is 477 g/mol. The maximum absolute atomic E-state index is 9.31. The SMILES string of the molecule is CCNC(=NCc1nccn1Cc1ccccc1)NCC(CCO)CC(C)C.I. The first kappa shape index (κ1) is 25.4. The summed E-state index contributed by atoms with van der Waals surface area (Å²) in [6.07, 6.45) is 5.73. The van der Waals surface area contributed by atoms with Crippen LogP contribution in [0.5, 0.6) is 0 Å². The molecule has 0 aliphatic heterocycles. The van der Waals surface area contributed by atoms with Crippen molar-refractivity contribution >= 4 is 29.9 Å². The fourth-order valence-corrected chi connectivity index (χ4v) is 3.30. The molecule has 1 heterocycles. The Hall–Kier alpha value is -1.61. The Kier molecular flexibility index (Phi) is 12.6. The Labute approximate surface area is 192 Å². The largest absolute Gasteiger partial charge is 0.396 e. The number of aliphatic hydroxyl groups is 1. The molecule has 7 heteroatoms. The Balaban J connectivity index is 0.00000420. The third-order valence-corrected chi connectivity index (χ3v) is 4.62. The number of aliphatic imine (C=N–C) groups is 1. The zero-order valence-corrected chi connectivity index (χ0v) is 20.2. The lowest BCUT2D eigenvalue weighted by atomic mass is 9.94. The molecule has 0 radical (unpaired) electrons. The average molecular weight is 513 g/mol. The van der Waals surface area contributed by atoms with Crippen molar-refractivity contribution in [1.29, 1.82) is 0 Å². The molecule has 6 nitrogen and oxygen atoms in total. The van der Waals surface area contributed by atoms with Gasteiger partial charge in [-0.25, -0.2) is 9.98 Å². The molecule has 0 saturated carbocycles. The lowest BCUT2D eigenvalue weighted by molar-refractivity contribution is 0.243. The van der Waals surface area contributed by atoms with Crippen LogP contribution in [0.2, 0.25) is 0 Å². The first-order valence-electron chi connectivity index (χ1n) is 10.3. The summed E-state index contributed by atoms with van der Waals surface area (Å²) >= 11 is 0. The van der Waals surface area contributed by atoms with Crippen molar-refractivity contribution < 1.29 is 5.11 Å². The number of nitrogens with zero attached hydrogens (tertiary/aromatic N) is 3. The summed E-state index contributed by atoms with van der Waals surface area (Å²) in [7, 11) is 0. The standard InChI is InChI=1S/C22H35N5O.HI/c1-4-23-22(25-15-20(10-13-28)14-18(2)3)26-16-21-24-11-12-27(21)17-19-8-6-5-7-9-19;/h5-9,11-12,18,20,28H,4,10,13-17H2,1-3H3,(H2,23,25,26);1H. The minimum atomic E-state index is 0. The Morgan fingerprint density at radius 3 is 2.62 bits per heavy atom. The predicted molar refractivity (Wildman–Crippen MR) is 131 cm³/mol. The smallest absolute Gasteiger partial charge is 0.191 e. The number of halogens is 1. The molecule has 2 aromatic rings. The second-order valence-corrected chi connectivity index (χ2v) is 7.54. The molecule has 0 aliphatic rings. The number of nitrogens with one attached hydrogen (secondary N) is 2. The summed E-state index contributed by atoms with van der Waals surface area (Å²) in [5.41, 5.74) is 1.25. The zero-order chi connectivity index (χ0) is 20.2. The van der Waals surface area contributed by atoms with Gasteiger partial charge >= 0.3 is 0 Å². The van der Waals surface area contributed by atoms with E-state index in [1.165, 1.54) is 5.56 Å². The van der Waals surface area contributed by atoms with E-state index in [2.05, 4.69) is 65.2 Å². The topological polar surface area (TPSA) is 74.5 Å². The summed E-state index contributed by atoms with van der Waals surface area (Å²) in [6, 6.07) is 10.4. The van der Waals surface area contributed by atoms with Gasteiger partial charge in [0.25, 0.3) is 0 Å². The van der Waals surface area contributed by atoms with E-state index in [9.17, 15) is 5.11 Å². The summed E-state index contributed by atoms with van der Waals surface area (Å²) in [5, 5.41) is 16.1. The van der Waals surface area contributed by atoms with Crippen LogP contribution < -0.4 is 10.6 Å². The average Bonchev–Trinajstić information content (AvgIpc) is 3.11. The van der Waals surface area contributed by atoms with Crippen LogP contribution in [0.15, 0.2) is 47.7 Å². The molecule has 0 spiro atoms. The van der Waals surface area contributed by atoms with Gasteiger partial charge in [-0.05, 0) is 37.2 Å². The number of hydrogen-bond donors (Lipinski definition) is 3. The van der Waals surface area contributed by atoms with Gasteiger partial charge in [0.05, 0.1) is 0 Å². The third-order valence-electron chi connectivity index (χ3n) is 4.62. The summed E-state index contributed by atoms with van der Waals surface area (Å²) in [4.78, 5) is 9.19. The molecule has 162 valence electrons. The number of aliphatic hydroxyl groups excluding tert-OH is 1. The molecule has 0 amide bonds. The van der Waals surface area contributed by atoms with Gasteiger partial charge in [0.2, 0.25) is 0 Å². The van der Waals surface area contributed by atoms with Gasteiger partial charge < -0.3 is 20.3 Å². The number of aromatic nitrogens is 2. The molecule has 0 fully saturated rings. The molecule has 0 bridgehead atoms. The summed E-state index contributed by atoms with van der Waals surface area (Å²) < 4.78 is 2.13. The van der Waals surface area contributed by atoms with Gasteiger partial charge in [-0.3, -0.25) is 0 Å². The van der Waals surface area contributed by atoms with E-state index in [0.717, 1.165) is 44.3 Å². The first-order chi connectivity index (χ1) is 13.6. The van der Waals surface area contributed by atoms with E-state index >= 15 is 0 Å². The summed E-state index contributed by atoms with van der Waals surface area (Å²) in [5.74, 6) is 2.79. The maximum Gasteiger partial charge on any atom is 0.191 e. The van der Waals surface area contributed by atoms with E-state index in [-0.39, 0.29) is 30.6 Å². The first-order valence-corrected chi connectivity index (χ1v) is 10.3. The Morgan fingerprint density at radius 2 is 1.97 bits per heavy atom. The van der Waals surface area contributed by atoms with E-state index in [1.54, 1.807) is 0 Å². The van der Waals surface area contributed by atoms with Crippen LogP contribution in [0.4, 0.5) is 0 Å². The van der Waals surface area contributed by atoms with E-state index in [0.29, 0.717) is 18.4 Å². The minimum Gasteiger partial charge on any atom is -0.396 e. The fraction of sp³-hybridized carbons (Fsp3) is 0.545. The van der Waals surface area contributed by atoms with Crippen molar-refractivity contribution in [2.45, 2.75) is 46.7 Å². The molecule has 2 rings (SSSR count). The summed E-state index contributed by atoms with van der Waals surface area (Å²) in [6.45, 7) is 9.65. The molecule has 29 heavy (non-hydrogen) atoms. The number of rotatable bonds is 11. The van der Waals surface area contributed by atoms with Gasteiger partial charge in [-0.2, -0.15) is 0 Å². The quantitative estimate of drug-likeness (QED) is 0.244. The zero-order valence-electron chi connectivity index (χ0n) is 17.8. The molecule has 0 aliphatic carbocycles. The van der Waals surface area contributed by atoms with Crippen LogP contribution in [0.1, 0.15) is 45.0 Å². The molecule has 1 aromatic heterocycles. The van der Waals surface area contributed by atoms with Crippen LogP contribution in [0.25, 0.3) is 0 Å². The monoisotopic (exact) mass is 513 g/mol. The van der Waals surface area contributed by atoms with Crippen molar-refractivity contribution in [3.63, 3.8) is 0 Å². The normalized spacial score (nSPS) is 12.5. The van der Waals surface area contributed by atoms with Crippen molar-refractivity contribution in [1.82, 2.24) is 20.2 Å². The predicted octanol–water partition coefficient (Wildman–Crippen LogP) is 3.65. The van der Waals surface area contributed by atoms with Gasteiger partial charge in [0, 0.05) is 38.6 Å². The van der Waals surface area contributed by atoms with Crippen LogP contribution in [-0.4, -0.2) is 40.3 Å². The van der Waals surface area contributed by atoms with Crippen molar-refractivity contribution in [2.24, 2.45) is 16.8 Å². The van der Waals surface area contributed by atoms with E-state index in [1.807, 2.05) is 18.5 Å². The molecular formula is C22H36IN5O. The molecule has 1 atom stereocenters. The second kappa shape index (κ2) is 14.4. The third kappa shape index (κ3) is 9.62. The lowest BCUT2D eigenvalue weighted by Gasteiger charge is -2.20. The lowest BCUT2D eigenvalue weighted by Crippen LogP contribution is -2.40. The highest BCUT2D eigenvalue weighted by Crippen LogP contribution is 2.14. The molecule has 3 N–H and O–H groups in total. The van der Waals surface area contributed by atoms with E-state index < -0.39 is 0 Å². The number of guanidine groups is 1. The van der Waals surface area contributed by atoms with Gasteiger partial charge in [0.15, 0.2) is 5.96 Å². The molecule has 1 unspecified atom stereocenters. The Bertz CT molecular complexity index is 702. The Morgan fingerprint density at radius 1 is 1.21 bits per heavy atom.